The van der Waals surface area contributed by atoms with Crippen molar-refractivity contribution in [3.8, 4) is 0 Å². The van der Waals surface area contributed by atoms with Gasteiger partial charge in [-0.3, -0.25) is 38.8 Å². The van der Waals surface area contributed by atoms with Gasteiger partial charge in [0.1, 0.15) is 0 Å². The number of nitrogens with zero attached hydrogens (tertiary/aromatic N) is 4. The zero-order valence-electron chi connectivity index (χ0n) is 25.1. The molecule has 2 aliphatic carbocycles. The molecule has 5 aliphatic rings. The normalized spacial score (nSPS) is 37.4. The van der Waals surface area contributed by atoms with Crippen LogP contribution in [0.2, 0.25) is 0 Å². The van der Waals surface area contributed by atoms with Crippen LogP contribution in [0.4, 0.5) is 0 Å². The molecule has 0 spiro atoms. The summed E-state index contributed by atoms with van der Waals surface area (Å²) in [5.74, 6) is -0.997. The molecular formula is C30H48N4O6. The zero-order chi connectivity index (χ0) is 29.4. The lowest BCUT2D eigenvalue weighted by molar-refractivity contribution is -0.171. The Morgan fingerprint density at radius 1 is 0.625 bits per heavy atom. The van der Waals surface area contributed by atoms with Crippen LogP contribution in [0, 0.1) is 33.5 Å². The molecule has 10 nitrogen and oxygen atoms in total. The standard InChI is InChI=1S/C30H48N4O6/c1-27(2)21-7-9-29(27,5)25(39)33(23(21)37)17-19(35)15-31-11-13-32(14-12-31)16-20(36)18-34-24(38)22-8-10-30(6,26(34)40)28(22,3)4/h19-22,35-36H,7-18H2,1-6H3/t19-,20+,21-,22-,29-,30+/m0/s1. The van der Waals surface area contributed by atoms with Crippen molar-refractivity contribution in [2.24, 2.45) is 33.5 Å². The highest BCUT2D eigenvalue weighted by Crippen LogP contribution is 2.61. The lowest BCUT2D eigenvalue weighted by Crippen LogP contribution is -2.61. The number of imide groups is 2. The number of carbonyl (C=O) groups is 4. The molecule has 3 aliphatic heterocycles. The molecule has 5 fully saturated rings. The quantitative estimate of drug-likeness (QED) is 0.421. The summed E-state index contributed by atoms with van der Waals surface area (Å²) >= 11 is 0. The van der Waals surface area contributed by atoms with Crippen molar-refractivity contribution in [3.05, 3.63) is 0 Å². The molecule has 4 bridgehead atoms. The monoisotopic (exact) mass is 560 g/mol. The van der Waals surface area contributed by atoms with Gasteiger partial charge >= 0.3 is 0 Å². The Hall–Kier alpha value is -1.88. The summed E-state index contributed by atoms with van der Waals surface area (Å²) in [5, 5.41) is 21.7. The van der Waals surface area contributed by atoms with E-state index in [0.29, 0.717) is 65.0 Å². The van der Waals surface area contributed by atoms with Crippen LogP contribution < -0.4 is 0 Å². The fraction of sp³-hybridized carbons (Fsp3) is 0.867. The number of likely N-dealkylation sites (tertiary alicyclic amines) is 2. The molecular weight excluding hydrogens is 512 g/mol. The Kier molecular flexibility index (Phi) is 7.29. The Morgan fingerprint density at radius 2 is 0.950 bits per heavy atom. The number of aliphatic hydroxyl groups is 2. The van der Waals surface area contributed by atoms with Crippen LogP contribution in [0.1, 0.15) is 67.2 Å². The first-order valence-corrected chi connectivity index (χ1v) is 15.1. The molecule has 10 heteroatoms. The van der Waals surface area contributed by atoms with Gasteiger partial charge in [-0.05, 0) is 36.5 Å². The van der Waals surface area contributed by atoms with E-state index >= 15 is 0 Å². The smallest absolute Gasteiger partial charge is 0.235 e. The SMILES string of the molecule is CC1(C)[C@H]2CC[C@@]1(C)C(=O)N(C[C@@H](O)CN1CCN(C[C@@H](O)CN3C(=O)[C@@H]4CC[C@](C)(C3=O)C4(C)C)CC1)C2=O. The summed E-state index contributed by atoms with van der Waals surface area (Å²) in [7, 11) is 0. The molecule has 0 aromatic rings. The van der Waals surface area contributed by atoms with Gasteiger partial charge in [-0.2, -0.15) is 0 Å². The highest BCUT2D eigenvalue weighted by Gasteiger charge is 2.65. The van der Waals surface area contributed by atoms with E-state index in [2.05, 4.69) is 9.80 Å². The van der Waals surface area contributed by atoms with Crippen LogP contribution >= 0.6 is 0 Å². The van der Waals surface area contributed by atoms with Crippen LogP contribution in [0.15, 0.2) is 0 Å². The van der Waals surface area contributed by atoms with Gasteiger partial charge in [0.15, 0.2) is 0 Å². The first-order chi connectivity index (χ1) is 18.5. The van der Waals surface area contributed by atoms with Crippen molar-refractivity contribution in [2.75, 3.05) is 52.4 Å². The average Bonchev–Trinajstić information content (AvgIpc) is 3.20. The topological polar surface area (TPSA) is 122 Å². The van der Waals surface area contributed by atoms with Crippen LogP contribution in [0.3, 0.4) is 0 Å². The van der Waals surface area contributed by atoms with Crippen LogP contribution in [-0.2, 0) is 19.2 Å². The minimum absolute atomic E-state index is 0.0212. The maximum atomic E-state index is 13.3. The summed E-state index contributed by atoms with van der Waals surface area (Å²) in [5.41, 5.74) is -1.89. The molecule has 4 amide bonds. The Bertz CT molecular complexity index is 1000. The molecule has 5 rings (SSSR count). The van der Waals surface area contributed by atoms with Crippen LogP contribution in [0.5, 0.6) is 0 Å². The third kappa shape index (κ3) is 4.27. The van der Waals surface area contributed by atoms with Gasteiger partial charge in [-0.15, -0.1) is 0 Å². The highest BCUT2D eigenvalue weighted by atomic mass is 16.3. The second-order valence-electron chi connectivity index (χ2n) is 14.7. The Morgan fingerprint density at radius 3 is 1.27 bits per heavy atom. The van der Waals surface area contributed by atoms with Crippen molar-refractivity contribution in [2.45, 2.75) is 79.4 Å². The second-order valence-corrected chi connectivity index (χ2v) is 14.7. The van der Waals surface area contributed by atoms with E-state index in [1.165, 1.54) is 9.80 Å². The van der Waals surface area contributed by atoms with Gasteiger partial charge in [-0.25, -0.2) is 0 Å². The van der Waals surface area contributed by atoms with E-state index in [1.807, 2.05) is 41.5 Å². The van der Waals surface area contributed by atoms with Gasteiger partial charge in [0.2, 0.25) is 23.6 Å². The largest absolute Gasteiger partial charge is 0.390 e. The molecule has 6 atom stereocenters. The number of piperazine rings is 1. The number of rotatable bonds is 8. The first-order valence-electron chi connectivity index (χ1n) is 15.1. The second kappa shape index (κ2) is 9.85. The van der Waals surface area contributed by atoms with E-state index in [1.54, 1.807) is 0 Å². The Balaban J connectivity index is 1.09. The Labute approximate surface area is 238 Å². The molecule has 224 valence electrons. The molecule has 2 N–H and O–H groups in total. The molecule has 40 heavy (non-hydrogen) atoms. The van der Waals surface area contributed by atoms with Crippen molar-refractivity contribution in [1.29, 1.82) is 0 Å². The molecule has 0 unspecified atom stereocenters. The summed E-state index contributed by atoms with van der Waals surface area (Å²) < 4.78 is 0. The maximum absolute atomic E-state index is 13.3. The van der Waals surface area contributed by atoms with E-state index < -0.39 is 23.0 Å². The summed E-state index contributed by atoms with van der Waals surface area (Å²) in [6.07, 6.45) is 1.18. The molecule has 2 saturated carbocycles. The number of aliphatic hydroxyl groups excluding tert-OH is 2. The predicted molar refractivity (Wildman–Crippen MR) is 148 cm³/mol. The number of fused-ring (bicyclic) bond motifs is 4. The minimum Gasteiger partial charge on any atom is -0.390 e. The summed E-state index contributed by atoms with van der Waals surface area (Å²) in [4.78, 5) is 59.6. The molecule has 3 heterocycles. The van der Waals surface area contributed by atoms with Crippen LogP contribution in [0.25, 0.3) is 0 Å². The first kappa shape index (κ1) is 29.6. The van der Waals surface area contributed by atoms with Crippen molar-refractivity contribution >= 4 is 23.6 Å². The predicted octanol–water partition coefficient (Wildman–Crippen LogP) is 0.948. The van der Waals surface area contributed by atoms with E-state index in [-0.39, 0.29) is 59.4 Å². The third-order valence-corrected chi connectivity index (χ3v) is 12.2. The molecule has 0 aromatic heterocycles. The van der Waals surface area contributed by atoms with Crippen LogP contribution in [-0.4, -0.2) is 118 Å². The zero-order valence-corrected chi connectivity index (χ0v) is 25.1. The molecule has 0 aromatic carbocycles. The highest BCUT2D eigenvalue weighted by molar-refractivity contribution is 6.04. The lowest BCUT2D eigenvalue weighted by Gasteiger charge is -2.48. The third-order valence-electron chi connectivity index (χ3n) is 12.2. The van der Waals surface area contributed by atoms with E-state index in [0.717, 1.165) is 0 Å². The van der Waals surface area contributed by atoms with Crippen molar-refractivity contribution in [1.82, 2.24) is 19.6 Å². The summed E-state index contributed by atoms with van der Waals surface area (Å²) in [6.45, 7) is 15.4. The van der Waals surface area contributed by atoms with Crippen molar-refractivity contribution in [3.63, 3.8) is 0 Å². The number of piperidine rings is 2. The molecule has 0 radical (unpaired) electrons. The number of amides is 4. The van der Waals surface area contributed by atoms with Gasteiger partial charge < -0.3 is 10.2 Å². The number of β-amino-alcohol motifs (C(OH)–C–C–N with tert-alkyl or cyclic N) is 2. The molecule has 3 saturated heterocycles. The number of hydrogen-bond acceptors (Lipinski definition) is 8. The lowest BCUT2D eigenvalue weighted by atomic mass is 9.62. The van der Waals surface area contributed by atoms with Gasteiger partial charge in [-0.1, -0.05) is 41.5 Å². The van der Waals surface area contributed by atoms with Gasteiger partial charge in [0.05, 0.1) is 36.1 Å². The maximum Gasteiger partial charge on any atom is 0.235 e. The van der Waals surface area contributed by atoms with E-state index in [4.69, 9.17) is 0 Å². The average molecular weight is 561 g/mol. The van der Waals surface area contributed by atoms with Gasteiger partial charge in [0, 0.05) is 51.1 Å². The number of hydrogen-bond donors (Lipinski definition) is 2. The fourth-order valence-electron chi connectivity index (χ4n) is 8.44. The summed E-state index contributed by atoms with van der Waals surface area (Å²) in [6, 6.07) is 0. The fourth-order valence-corrected chi connectivity index (χ4v) is 8.44. The van der Waals surface area contributed by atoms with Crippen molar-refractivity contribution < 1.29 is 29.4 Å². The number of carbonyl (C=O) groups excluding carboxylic acids is 4. The van der Waals surface area contributed by atoms with Gasteiger partial charge in [0.25, 0.3) is 0 Å². The minimum atomic E-state index is -0.827. The van der Waals surface area contributed by atoms with E-state index in [9.17, 15) is 29.4 Å².